The van der Waals surface area contributed by atoms with Gasteiger partial charge in [-0.25, -0.2) is 0 Å². The van der Waals surface area contributed by atoms with Gasteiger partial charge in [0.15, 0.2) is 0 Å². The van der Waals surface area contributed by atoms with Crippen molar-refractivity contribution in [3.05, 3.63) is 60.2 Å². The molecule has 0 radical (unpaired) electrons. The molecule has 0 saturated heterocycles. The van der Waals surface area contributed by atoms with E-state index in [9.17, 15) is 0 Å². The van der Waals surface area contributed by atoms with Gasteiger partial charge in [-0.3, -0.25) is 0 Å². The third-order valence-electron chi connectivity index (χ3n) is 4.14. The van der Waals surface area contributed by atoms with Gasteiger partial charge in [0.2, 0.25) is 0 Å². The topological polar surface area (TPSA) is 0 Å². The van der Waals surface area contributed by atoms with E-state index >= 15 is 0 Å². The van der Waals surface area contributed by atoms with E-state index in [4.69, 9.17) is 0 Å². The Morgan fingerprint density at radius 2 is 1.43 bits per heavy atom. The summed E-state index contributed by atoms with van der Waals surface area (Å²) in [6, 6.07) is 20.1. The van der Waals surface area contributed by atoms with Crippen molar-refractivity contribution >= 4 is 40.4 Å². The van der Waals surface area contributed by atoms with Gasteiger partial charge in [0.1, 0.15) is 0 Å². The Hall–Kier alpha value is -1.22. The second-order valence-electron chi connectivity index (χ2n) is 5.65. The molecule has 104 valence electrons. The molecule has 3 aromatic carbocycles. The average molecular weight is 270 g/mol. The standard InChI is InChI=1S/C20H22.Li.H/c1-2-3-4-5-9-16-12-8-13-19-14-17-10-6-7-11-18(17)15-20(16)19;;/h6-8,10-15H,2-5,9H2,1H3;;. The minimum absolute atomic E-state index is 0. The fourth-order valence-electron chi connectivity index (χ4n) is 2.99. The maximum absolute atomic E-state index is 2.36. The summed E-state index contributed by atoms with van der Waals surface area (Å²) in [5.74, 6) is 0. The van der Waals surface area contributed by atoms with Crippen LogP contribution in [0.3, 0.4) is 0 Å². The molecule has 0 N–H and O–H groups in total. The Bertz CT molecular complexity index is 715. The predicted octanol–water partition coefficient (Wildman–Crippen LogP) is 5.47. The third-order valence-corrected chi connectivity index (χ3v) is 4.14. The number of benzene rings is 3. The summed E-state index contributed by atoms with van der Waals surface area (Å²) in [5.41, 5.74) is 1.50. The normalized spacial score (nSPS) is 10.7. The van der Waals surface area contributed by atoms with E-state index in [-0.39, 0.29) is 18.9 Å². The Kier molecular flexibility index (Phi) is 5.92. The van der Waals surface area contributed by atoms with Crippen molar-refractivity contribution in [2.75, 3.05) is 0 Å². The van der Waals surface area contributed by atoms with Crippen molar-refractivity contribution in [2.45, 2.75) is 39.0 Å². The molecule has 0 heterocycles. The van der Waals surface area contributed by atoms with E-state index in [1.807, 2.05) is 0 Å². The zero-order valence-corrected chi connectivity index (χ0v) is 12.2. The van der Waals surface area contributed by atoms with Gasteiger partial charge in [-0.2, -0.15) is 0 Å². The molecule has 0 aliphatic carbocycles. The molecule has 0 aliphatic heterocycles. The van der Waals surface area contributed by atoms with Crippen molar-refractivity contribution in [3.8, 4) is 0 Å². The van der Waals surface area contributed by atoms with Crippen LogP contribution in [0.5, 0.6) is 0 Å². The van der Waals surface area contributed by atoms with E-state index in [2.05, 4.69) is 61.5 Å². The van der Waals surface area contributed by atoms with Gasteiger partial charge in [-0.15, -0.1) is 0 Å². The molecule has 0 saturated carbocycles. The van der Waals surface area contributed by atoms with Gasteiger partial charge < -0.3 is 0 Å². The minimum atomic E-state index is 0. The van der Waals surface area contributed by atoms with E-state index in [0.717, 1.165) is 0 Å². The number of rotatable bonds is 5. The van der Waals surface area contributed by atoms with Gasteiger partial charge >= 0.3 is 18.9 Å². The van der Waals surface area contributed by atoms with Gasteiger partial charge in [-0.1, -0.05) is 68.7 Å². The van der Waals surface area contributed by atoms with Crippen LogP contribution in [0.4, 0.5) is 0 Å². The molecule has 0 spiro atoms. The van der Waals surface area contributed by atoms with Crippen LogP contribution in [0.2, 0.25) is 0 Å². The van der Waals surface area contributed by atoms with Crippen molar-refractivity contribution in [3.63, 3.8) is 0 Å². The van der Waals surface area contributed by atoms with Crippen LogP contribution < -0.4 is 0 Å². The van der Waals surface area contributed by atoms with E-state index in [1.54, 1.807) is 0 Å². The zero-order chi connectivity index (χ0) is 13.8. The molecule has 0 aromatic heterocycles. The molecule has 0 bridgehead atoms. The molecule has 0 aliphatic rings. The fraction of sp³-hybridized carbons (Fsp3) is 0.300. The molecule has 1 heteroatoms. The predicted molar refractivity (Wildman–Crippen MR) is 96.4 cm³/mol. The second kappa shape index (κ2) is 7.69. The van der Waals surface area contributed by atoms with Gasteiger partial charge in [0, 0.05) is 0 Å². The quantitative estimate of drug-likeness (QED) is 0.328. The average Bonchev–Trinajstić information content (AvgIpc) is 2.50. The van der Waals surface area contributed by atoms with Crippen LogP contribution in [0.1, 0.15) is 38.2 Å². The first-order valence-electron chi connectivity index (χ1n) is 7.79. The van der Waals surface area contributed by atoms with Crippen molar-refractivity contribution in [2.24, 2.45) is 0 Å². The molecule has 0 fully saturated rings. The molecule has 0 atom stereocenters. The SMILES string of the molecule is CCCCCCc1cccc2cc3ccccc3cc12.[LiH]. The second-order valence-corrected chi connectivity index (χ2v) is 5.65. The summed E-state index contributed by atoms with van der Waals surface area (Å²) in [4.78, 5) is 0. The molecular formula is C20H23Li. The number of hydrogen-bond donors (Lipinski definition) is 0. The summed E-state index contributed by atoms with van der Waals surface area (Å²) < 4.78 is 0. The molecule has 3 rings (SSSR count). The third kappa shape index (κ3) is 3.70. The zero-order valence-electron chi connectivity index (χ0n) is 12.2. The van der Waals surface area contributed by atoms with Crippen LogP contribution in [-0.2, 0) is 6.42 Å². The van der Waals surface area contributed by atoms with Crippen LogP contribution in [0, 0.1) is 0 Å². The van der Waals surface area contributed by atoms with Crippen LogP contribution >= 0.6 is 0 Å². The maximum atomic E-state index is 2.36. The van der Waals surface area contributed by atoms with Crippen molar-refractivity contribution < 1.29 is 0 Å². The summed E-state index contributed by atoms with van der Waals surface area (Å²) in [6.45, 7) is 2.27. The van der Waals surface area contributed by atoms with Gasteiger partial charge in [-0.05, 0) is 52.1 Å². The number of fused-ring (bicyclic) bond motifs is 2. The van der Waals surface area contributed by atoms with Crippen molar-refractivity contribution in [1.82, 2.24) is 0 Å². The molecule has 3 aromatic rings. The van der Waals surface area contributed by atoms with E-state index in [0.29, 0.717) is 0 Å². The monoisotopic (exact) mass is 270 g/mol. The molecule has 0 unspecified atom stereocenters. The number of hydrogen-bond acceptors (Lipinski definition) is 0. The Labute approximate surface area is 139 Å². The molecular weight excluding hydrogens is 247 g/mol. The van der Waals surface area contributed by atoms with Crippen LogP contribution in [0.15, 0.2) is 54.6 Å². The number of aryl methyl sites for hydroxylation is 1. The van der Waals surface area contributed by atoms with Crippen LogP contribution in [-0.4, -0.2) is 18.9 Å². The van der Waals surface area contributed by atoms with Crippen LogP contribution in [0.25, 0.3) is 21.5 Å². The Morgan fingerprint density at radius 3 is 2.19 bits per heavy atom. The van der Waals surface area contributed by atoms with E-state index in [1.165, 1.54) is 59.2 Å². The van der Waals surface area contributed by atoms with Crippen molar-refractivity contribution in [1.29, 1.82) is 0 Å². The summed E-state index contributed by atoms with van der Waals surface area (Å²) in [6.07, 6.45) is 6.52. The van der Waals surface area contributed by atoms with E-state index < -0.39 is 0 Å². The first kappa shape index (κ1) is 16.2. The number of unbranched alkanes of at least 4 members (excludes halogenated alkanes) is 3. The summed E-state index contributed by atoms with van der Waals surface area (Å²) >= 11 is 0. The first-order chi connectivity index (χ1) is 9.88. The fourth-order valence-corrected chi connectivity index (χ4v) is 2.99. The summed E-state index contributed by atoms with van der Waals surface area (Å²) in [5, 5.41) is 5.49. The van der Waals surface area contributed by atoms with Gasteiger partial charge in [0.25, 0.3) is 0 Å². The molecule has 0 amide bonds. The molecule has 0 nitrogen and oxygen atoms in total. The Morgan fingerprint density at radius 1 is 0.714 bits per heavy atom. The Balaban J connectivity index is 0.00000161. The van der Waals surface area contributed by atoms with Gasteiger partial charge in [0.05, 0.1) is 0 Å². The molecule has 21 heavy (non-hydrogen) atoms. The summed E-state index contributed by atoms with van der Waals surface area (Å²) in [7, 11) is 0. The first-order valence-corrected chi connectivity index (χ1v) is 7.79.